The van der Waals surface area contributed by atoms with Gasteiger partial charge in [-0.3, -0.25) is 14.4 Å². The number of carbonyl (C=O) groups excluding carboxylic acids is 3. The number of fused-ring (bicyclic) bond motifs is 6. The SMILES string of the molecule is CC(=O)C1CC2=CC(=O)CC[C@]2(C)[C@@H]2[C@@H]1[C@@H]1CC[C@@]3(CCC(=O)O3)[C@@]1(C)C[C@@H]2O. The fourth-order valence-electron chi connectivity index (χ4n) is 8.37. The summed E-state index contributed by atoms with van der Waals surface area (Å²) in [6.07, 6.45) is 6.67. The lowest BCUT2D eigenvalue weighted by Crippen LogP contribution is -2.62. The first-order valence-corrected chi connectivity index (χ1v) is 11.3. The van der Waals surface area contributed by atoms with Crippen molar-refractivity contribution in [1.82, 2.24) is 0 Å². The Morgan fingerprint density at radius 1 is 1.17 bits per heavy atom. The van der Waals surface area contributed by atoms with E-state index in [4.69, 9.17) is 4.74 Å². The van der Waals surface area contributed by atoms with E-state index in [1.165, 1.54) is 0 Å². The minimum atomic E-state index is -0.556. The number of aliphatic hydroxyl groups excluding tert-OH is 1. The third-order valence-electron chi connectivity index (χ3n) is 9.81. The van der Waals surface area contributed by atoms with E-state index in [1.807, 2.05) is 0 Å². The van der Waals surface area contributed by atoms with Crippen LogP contribution in [0.1, 0.15) is 72.1 Å². The number of hydrogen-bond donors (Lipinski definition) is 1. The first kappa shape index (κ1) is 19.5. The Morgan fingerprint density at radius 2 is 1.93 bits per heavy atom. The lowest BCUT2D eigenvalue weighted by Gasteiger charge is -2.62. The standard InChI is InChI=1S/C24H32O5/c1-13(25)16-11-14-10-15(26)4-7-22(14,2)21-18(27)12-23(3)17(20(16)21)5-8-24(23)9-6-19(28)29-24/h10,16-18,20-21,27H,4-9,11-12H2,1-3H3/t16?,17-,18-,20-,21-,22-,23-,24+/m0/s1. The number of esters is 1. The highest BCUT2D eigenvalue weighted by Crippen LogP contribution is 2.70. The van der Waals surface area contributed by atoms with Crippen molar-refractivity contribution in [3.63, 3.8) is 0 Å². The molecule has 4 fully saturated rings. The van der Waals surface area contributed by atoms with Gasteiger partial charge in [0.25, 0.3) is 0 Å². The molecule has 0 amide bonds. The monoisotopic (exact) mass is 400 g/mol. The van der Waals surface area contributed by atoms with E-state index in [9.17, 15) is 19.5 Å². The molecular formula is C24H32O5. The molecule has 5 heteroatoms. The maximum Gasteiger partial charge on any atom is 0.306 e. The molecule has 5 aliphatic rings. The van der Waals surface area contributed by atoms with Crippen LogP contribution in [0.2, 0.25) is 0 Å². The molecule has 8 atom stereocenters. The van der Waals surface area contributed by atoms with Gasteiger partial charge in [-0.25, -0.2) is 0 Å². The van der Waals surface area contributed by atoms with Crippen LogP contribution in [-0.4, -0.2) is 34.3 Å². The molecule has 0 aromatic carbocycles. The fraction of sp³-hybridized carbons (Fsp3) is 0.792. The van der Waals surface area contributed by atoms with E-state index in [1.54, 1.807) is 13.0 Å². The third-order valence-corrected chi connectivity index (χ3v) is 9.81. The summed E-state index contributed by atoms with van der Waals surface area (Å²) < 4.78 is 5.96. The van der Waals surface area contributed by atoms with E-state index in [-0.39, 0.29) is 52.0 Å². The lowest BCUT2D eigenvalue weighted by molar-refractivity contribution is -0.192. The maximum atomic E-state index is 12.8. The number of ketones is 2. The van der Waals surface area contributed by atoms with E-state index >= 15 is 0 Å². The zero-order valence-electron chi connectivity index (χ0n) is 17.7. The Balaban J connectivity index is 1.62. The number of allylic oxidation sites excluding steroid dienone is 1. The molecule has 0 aromatic heterocycles. The summed E-state index contributed by atoms with van der Waals surface area (Å²) in [7, 11) is 0. The van der Waals surface area contributed by atoms with Gasteiger partial charge in [0.2, 0.25) is 0 Å². The quantitative estimate of drug-likeness (QED) is 0.683. The van der Waals surface area contributed by atoms with Gasteiger partial charge >= 0.3 is 5.97 Å². The van der Waals surface area contributed by atoms with Crippen LogP contribution in [0.3, 0.4) is 0 Å². The van der Waals surface area contributed by atoms with Crippen molar-refractivity contribution < 1.29 is 24.2 Å². The van der Waals surface area contributed by atoms with Crippen molar-refractivity contribution >= 4 is 17.5 Å². The molecule has 3 saturated carbocycles. The highest BCUT2D eigenvalue weighted by molar-refractivity contribution is 5.92. The molecule has 1 N–H and O–H groups in total. The molecular weight excluding hydrogens is 368 g/mol. The number of hydrogen-bond acceptors (Lipinski definition) is 5. The lowest BCUT2D eigenvalue weighted by atomic mass is 9.43. The predicted octanol–water partition coefficient (Wildman–Crippen LogP) is 3.38. The first-order chi connectivity index (χ1) is 13.6. The van der Waals surface area contributed by atoms with E-state index in [0.717, 1.165) is 31.3 Å². The molecule has 1 aliphatic heterocycles. The molecule has 5 rings (SSSR count). The van der Waals surface area contributed by atoms with Gasteiger partial charge < -0.3 is 9.84 Å². The summed E-state index contributed by atoms with van der Waals surface area (Å²) in [5, 5.41) is 11.5. The summed E-state index contributed by atoms with van der Waals surface area (Å²) >= 11 is 0. The Hall–Kier alpha value is -1.49. The minimum absolute atomic E-state index is 0.0187. The van der Waals surface area contributed by atoms with Gasteiger partial charge in [-0.1, -0.05) is 19.4 Å². The molecule has 0 aromatic rings. The second kappa shape index (κ2) is 6.03. The molecule has 0 radical (unpaired) electrons. The number of Topliss-reactive ketones (excluding diaryl/α,β-unsaturated/α-hetero) is 1. The van der Waals surface area contributed by atoms with Gasteiger partial charge in [-0.15, -0.1) is 0 Å². The minimum Gasteiger partial charge on any atom is -0.458 e. The highest BCUT2D eigenvalue weighted by atomic mass is 16.6. The van der Waals surface area contributed by atoms with Crippen molar-refractivity contribution in [2.45, 2.75) is 83.8 Å². The normalized spacial score (nSPS) is 51.2. The van der Waals surface area contributed by atoms with Crippen molar-refractivity contribution in [3.8, 4) is 0 Å². The molecule has 1 unspecified atom stereocenters. The topological polar surface area (TPSA) is 80.7 Å². The van der Waals surface area contributed by atoms with Crippen molar-refractivity contribution in [2.24, 2.45) is 34.5 Å². The zero-order valence-corrected chi connectivity index (χ0v) is 17.7. The zero-order chi connectivity index (χ0) is 20.8. The Kier molecular flexibility index (Phi) is 4.05. The van der Waals surface area contributed by atoms with E-state index in [2.05, 4.69) is 13.8 Å². The molecule has 5 nitrogen and oxygen atoms in total. The molecule has 1 saturated heterocycles. The molecule has 158 valence electrons. The molecule has 1 spiro atoms. The van der Waals surface area contributed by atoms with Crippen molar-refractivity contribution in [1.29, 1.82) is 0 Å². The molecule has 29 heavy (non-hydrogen) atoms. The van der Waals surface area contributed by atoms with Gasteiger partial charge in [-0.2, -0.15) is 0 Å². The van der Waals surface area contributed by atoms with E-state index < -0.39 is 11.7 Å². The smallest absolute Gasteiger partial charge is 0.306 e. The van der Waals surface area contributed by atoms with Crippen LogP contribution in [0.15, 0.2) is 11.6 Å². The van der Waals surface area contributed by atoms with Crippen LogP contribution in [-0.2, 0) is 19.1 Å². The second-order valence-corrected chi connectivity index (χ2v) is 10.9. The molecule has 4 aliphatic carbocycles. The van der Waals surface area contributed by atoms with Crippen LogP contribution in [0.25, 0.3) is 0 Å². The van der Waals surface area contributed by atoms with Gasteiger partial charge in [0.1, 0.15) is 11.4 Å². The van der Waals surface area contributed by atoms with Crippen LogP contribution >= 0.6 is 0 Å². The third kappa shape index (κ3) is 2.40. The Bertz CT molecular complexity index is 829. The highest BCUT2D eigenvalue weighted by Gasteiger charge is 2.70. The van der Waals surface area contributed by atoms with Gasteiger partial charge in [0.15, 0.2) is 5.78 Å². The number of aliphatic hydroxyl groups is 1. The van der Waals surface area contributed by atoms with Crippen LogP contribution in [0, 0.1) is 34.5 Å². The molecule has 1 heterocycles. The summed E-state index contributed by atoms with van der Waals surface area (Å²) in [5.74, 6) is 0.319. The van der Waals surface area contributed by atoms with Crippen LogP contribution in [0.4, 0.5) is 0 Å². The average Bonchev–Trinajstić information content (AvgIpc) is 3.15. The van der Waals surface area contributed by atoms with Gasteiger partial charge in [0.05, 0.1) is 6.10 Å². The average molecular weight is 401 g/mol. The summed E-state index contributed by atoms with van der Waals surface area (Å²) in [4.78, 5) is 37.0. The Morgan fingerprint density at radius 3 is 2.59 bits per heavy atom. The summed E-state index contributed by atoms with van der Waals surface area (Å²) in [5.41, 5.74) is 0.0580. The maximum absolute atomic E-state index is 12.8. The van der Waals surface area contributed by atoms with Crippen LogP contribution < -0.4 is 0 Å². The van der Waals surface area contributed by atoms with Crippen LogP contribution in [0.5, 0.6) is 0 Å². The Labute approximate surface area is 172 Å². The second-order valence-electron chi connectivity index (χ2n) is 10.9. The summed E-state index contributed by atoms with van der Waals surface area (Å²) in [6, 6.07) is 0. The fourth-order valence-corrected chi connectivity index (χ4v) is 8.37. The van der Waals surface area contributed by atoms with Gasteiger partial charge in [0, 0.05) is 24.2 Å². The largest absolute Gasteiger partial charge is 0.458 e. The van der Waals surface area contributed by atoms with Crippen molar-refractivity contribution in [2.75, 3.05) is 0 Å². The predicted molar refractivity (Wildman–Crippen MR) is 106 cm³/mol. The number of ether oxygens (including phenoxy) is 1. The molecule has 0 bridgehead atoms. The van der Waals surface area contributed by atoms with Crippen molar-refractivity contribution in [3.05, 3.63) is 11.6 Å². The number of rotatable bonds is 1. The van der Waals surface area contributed by atoms with Gasteiger partial charge in [-0.05, 0) is 74.7 Å². The first-order valence-electron chi connectivity index (χ1n) is 11.3. The van der Waals surface area contributed by atoms with E-state index in [0.29, 0.717) is 25.7 Å². The summed E-state index contributed by atoms with van der Waals surface area (Å²) in [6.45, 7) is 6.05. The number of carbonyl (C=O) groups is 3.